The molecule has 1 heterocycles. The van der Waals surface area contributed by atoms with Gasteiger partial charge < -0.3 is 4.90 Å². The number of nitriles is 1. The van der Waals surface area contributed by atoms with E-state index in [0.29, 0.717) is 0 Å². The maximum atomic E-state index is 8.73. The third-order valence-electron chi connectivity index (χ3n) is 3.39. The van der Waals surface area contributed by atoms with Crippen molar-refractivity contribution in [1.82, 2.24) is 4.90 Å². The molecule has 0 radical (unpaired) electrons. The van der Waals surface area contributed by atoms with Crippen molar-refractivity contribution in [3.63, 3.8) is 0 Å². The van der Waals surface area contributed by atoms with Gasteiger partial charge in [0.25, 0.3) is 0 Å². The van der Waals surface area contributed by atoms with E-state index in [0.717, 1.165) is 19.0 Å². The number of nitrogens with zero attached hydrogens (tertiary/aromatic N) is 2. The van der Waals surface area contributed by atoms with Gasteiger partial charge in [-0.1, -0.05) is 45.4 Å². The van der Waals surface area contributed by atoms with E-state index in [1.54, 1.807) is 0 Å². The van der Waals surface area contributed by atoms with Gasteiger partial charge in [-0.2, -0.15) is 5.26 Å². The van der Waals surface area contributed by atoms with Gasteiger partial charge in [-0.25, -0.2) is 0 Å². The summed E-state index contributed by atoms with van der Waals surface area (Å²) in [5.41, 5.74) is 0. The molecule has 2 nitrogen and oxygen atoms in total. The molecule has 1 fully saturated rings. The molecule has 15 heavy (non-hydrogen) atoms. The van der Waals surface area contributed by atoms with E-state index in [-0.39, 0.29) is 0 Å². The van der Waals surface area contributed by atoms with E-state index in [1.807, 2.05) is 4.90 Å². The van der Waals surface area contributed by atoms with Gasteiger partial charge in [0.1, 0.15) is 0 Å². The van der Waals surface area contributed by atoms with Gasteiger partial charge in [0.05, 0.1) is 0 Å². The topological polar surface area (TPSA) is 27.0 Å². The Hall–Kier alpha value is -0.710. The lowest BCUT2D eigenvalue weighted by atomic mass is 10.00. The Morgan fingerprint density at radius 3 is 2.60 bits per heavy atom. The Morgan fingerprint density at radius 1 is 1.20 bits per heavy atom. The highest BCUT2D eigenvalue weighted by Crippen LogP contribution is 2.21. The second kappa shape index (κ2) is 7.56. The van der Waals surface area contributed by atoms with E-state index < -0.39 is 0 Å². The van der Waals surface area contributed by atoms with Crippen molar-refractivity contribution in [1.29, 1.82) is 5.26 Å². The van der Waals surface area contributed by atoms with Crippen LogP contribution in [0.1, 0.15) is 58.3 Å². The van der Waals surface area contributed by atoms with Crippen molar-refractivity contribution in [3.05, 3.63) is 0 Å². The summed E-state index contributed by atoms with van der Waals surface area (Å²) in [7, 11) is 0. The lowest BCUT2D eigenvalue weighted by Crippen LogP contribution is -2.13. The standard InChI is InChI=1S/C13H24N2/c1-2-3-4-5-6-7-8-13-9-10-15(11-13)12-14/h13H,2-11H2,1H3. The molecule has 1 aliphatic heterocycles. The van der Waals surface area contributed by atoms with Crippen LogP contribution in [0.25, 0.3) is 0 Å². The first-order valence-electron chi connectivity index (χ1n) is 6.51. The van der Waals surface area contributed by atoms with Crippen LogP contribution in [-0.2, 0) is 0 Å². The largest absolute Gasteiger partial charge is 0.310 e. The smallest absolute Gasteiger partial charge is 0.179 e. The summed E-state index contributed by atoms with van der Waals surface area (Å²) in [5.74, 6) is 0.802. The maximum absolute atomic E-state index is 8.73. The Bertz CT molecular complexity index is 195. The van der Waals surface area contributed by atoms with Crippen molar-refractivity contribution < 1.29 is 0 Å². The predicted octanol–water partition coefficient (Wildman–Crippen LogP) is 3.54. The molecule has 1 atom stereocenters. The zero-order valence-corrected chi connectivity index (χ0v) is 10.0. The van der Waals surface area contributed by atoms with Gasteiger partial charge in [0.2, 0.25) is 0 Å². The quantitative estimate of drug-likeness (QED) is 0.472. The summed E-state index contributed by atoms with van der Waals surface area (Å²) in [6.45, 7) is 4.28. The number of hydrogen-bond acceptors (Lipinski definition) is 2. The van der Waals surface area contributed by atoms with Gasteiger partial charge in [0.15, 0.2) is 6.19 Å². The molecule has 0 bridgehead atoms. The minimum atomic E-state index is 0.802. The van der Waals surface area contributed by atoms with Crippen LogP contribution in [0.4, 0.5) is 0 Å². The van der Waals surface area contributed by atoms with Crippen LogP contribution in [0, 0.1) is 17.4 Å². The molecule has 1 unspecified atom stereocenters. The van der Waals surface area contributed by atoms with Crippen LogP contribution in [-0.4, -0.2) is 18.0 Å². The molecule has 0 aromatic carbocycles. The molecule has 0 amide bonds. The molecule has 0 aromatic heterocycles. The average Bonchev–Trinajstić information content (AvgIpc) is 2.71. The zero-order valence-electron chi connectivity index (χ0n) is 10.0. The molecular weight excluding hydrogens is 184 g/mol. The third kappa shape index (κ3) is 5.06. The van der Waals surface area contributed by atoms with Crippen LogP contribution in [0.5, 0.6) is 0 Å². The Kier molecular flexibility index (Phi) is 6.23. The second-order valence-corrected chi connectivity index (χ2v) is 4.76. The minimum absolute atomic E-state index is 0.802. The summed E-state index contributed by atoms with van der Waals surface area (Å²) >= 11 is 0. The van der Waals surface area contributed by atoms with E-state index in [9.17, 15) is 0 Å². The first-order valence-corrected chi connectivity index (χ1v) is 6.51. The van der Waals surface area contributed by atoms with Crippen molar-refractivity contribution in [2.75, 3.05) is 13.1 Å². The van der Waals surface area contributed by atoms with Crippen molar-refractivity contribution >= 4 is 0 Å². The summed E-state index contributed by atoms with van der Waals surface area (Å²) in [4.78, 5) is 1.90. The molecular formula is C13H24N2. The van der Waals surface area contributed by atoms with E-state index in [2.05, 4.69) is 13.1 Å². The molecule has 0 N–H and O–H groups in total. The zero-order chi connectivity index (χ0) is 10.9. The van der Waals surface area contributed by atoms with Crippen LogP contribution in [0.3, 0.4) is 0 Å². The Morgan fingerprint density at radius 2 is 1.93 bits per heavy atom. The highest BCUT2D eigenvalue weighted by molar-refractivity contribution is 4.83. The molecule has 0 aliphatic carbocycles. The lowest BCUT2D eigenvalue weighted by molar-refractivity contribution is 0.426. The molecule has 1 aliphatic rings. The highest BCUT2D eigenvalue weighted by atomic mass is 15.1. The van der Waals surface area contributed by atoms with E-state index in [4.69, 9.17) is 5.26 Å². The fourth-order valence-electron chi connectivity index (χ4n) is 2.37. The van der Waals surface area contributed by atoms with Gasteiger partial charge in [-0.3, -0.25) is 0 Å². The average molecular weight is 208 g/mol. The molecule has 0 aromatic rings. The lowest BCUT2D eigenvalue weighted by Gasteiger charge is -2.08. The summed E-state index contributed by atoms with van der Waals surface area (Å²) in [6.07, 6.45) is 13.1. The summed E-state index contributed by atoms with van der Waals surface area (Å²) < 4.78 is 0. The number of hydrogen-bond donors (Lipinski definition) is 0. The maximum Gasteiger partial charge on any atom is 0.179 e. The van der Waals surface area contributed by atoms with Gasteiger partial charge in [-0.05, 0) is 18.8 Å². The Balaban J connectivity index is 1.91. The fourth-order valence-corrected chi connectivity index (χ4v) is 2.37. The molecule has 2 heteroatoms. The fraction of sp³-hybridized carbons (Fsp3) is 0.923. The van der Waals surface area contributed by atoms with Crippen molar-refractivity contribution in [2.24, 2.45) is 5.92 Å². The third-order valence-corrected chi connectivity index (χ3v) is 3.39. The predicted molar refractivity (Wildman–Crippen MR) is 63.3 cm³/mol. The summed E-state index contributed by atoms with van der Waals surface area (Å²) in [5, 5.41) is 8.73. The summed E-state index contributed by atoms with van der Waals surface area (Å²) in [6, 6.07) is 0. The van der Waals surface area contributed by atoms with E-state index >= 15 is 0 Å². The number of unbranched alkanes of at least 4 members (excludes halogenated alkanes) is 5. The van der Waals surface area contributed by atoms with E-state index in [1.165, 1.54) is 51.4 Å². The number of likely N-dealkylation sites (tertiary alicyclic amines) is 1. The first-order chi connectivity index (χ1) is 7.36. The van der Waals surface area contributed by atoms with Crippen molar-refractivity contribution in [2.45, 2.75) is 58.3 Å². The van der Waals surface area contributed by atoms with Crippen molar-refractivity contribution in [3.8, 4) is 6.19 Å². The molecule has 0 spiro atoms. The molecule has 86 valence electrons. The first kappa shape index (κ1) is 12.4. The van der Waals surface area contributed by atoms with Crippen LogP contribution in [0.15, 0.2) is 0 Å². The highest BCUT2D eigenvalue weighted by Gasteiger charge is 2.20. The minimum Gasteiger partial charge on any atom is -0.310 e. The van der Waals surface area contributed by atoms with Crippen LogP contribution >= 0.6 is 0 Å². The Labute approximate surface area is 94.3 Å². The molecule has 1 rings (SSSR count). The van der Waals surface area contributed by atoms with Gasteiger partial charge in [-0.15, -0.1) is 0 Å². The monoisotopic (exact) mass is 208 g/mol. The van der Waals surface area contributed by atoms with Crippen LogP contribution < -0.4 is 0 Å². The number of rotatable bonds is 7. The van der Waals surface area contributed by atoms with Gasteiger partial charge in [0, 0.05) is 13.1 Å². The SMILES string of the molecule is CCCCCCCCC1CCN(C#N)C1. The van der Waals surface area contributed by atoms with Gasteiger partial charge >= 0.3 is 0 Å². The normalized spacial score (nSPS) is 20.5. The molecule has 1 saturated heterocycles. The second-order valence-electron chi connectivity index (χ2n) is 4.76. The van der Waals surface area contributed by atoms with Crippen LogP contribution in [0.2, 0.25) is 0 Å². The molecule has 0 saturated carbocycles.